The third-order valence-electron chi connectivity index (χ3n) is 11.6. The summed E-state index contributed by atoms with van der Waals surface area (Å²) >= 11 is 0. The number of fused-ring (bicyclic) bond motifs is 9. The highest BCUT2D eigenvalue weighted by Gasteiger charge is 2.27. The molecule has 0 aliphatic heterocycles. The molecule has 4 heterocycles. The zero-order valence-electron chi connectivity index (χ0n) is 31.5. The summed E-state index contributed by atoms with van der Waals surface area (Å²) in [4.78, 5) is 14.8. The monoisotopic (exact) mass is 753 g/mol. The lowest BCUT2D eigenvalue weighted by molar-refractivity contribution is 0.669. The van der Waals surface area contributed by atoms with Crippen LogP contribution in [-0.4, -0.2) is 19.1 Å². The summed E-state index contributed by atoms with van der Waals surface area (Å²) in [6, 6.07) is 64.5. The van der Waals surface area contributed by atoms with Crippen LogP contribution in [0.25, 0.3) is 116 Å². The predicted octanol–water partition coefficient (Wildman–Crippen LogP) is 14.1. The van der Waals surface area contributed by atoms with Crippen LogP contribution < -0.4 is 0 Å². The van der Waals surface area contributed by atoms with Crippen LogP contribution in [0.4, 0.5) is 5.69 Å². The molecule has 59 heavy (non-hydrogen) atoms. The average molecular weight is 754 g/mol. The van der Waals surface area contributed by atoms with Gasteiger partial charge in [-0.15, -0.1) is 0 Å². The highest BCUT2D eigenvalue weighted by molar-refractivity contribution is 6.20. The molecule has 0 saturated carbocycles. The first-order valence-corrected chi connectivity index (χ1v) is 19.6. The molecule has 0 bridgehead atoms. The molecular formula is C53H31N5O. The molecule has 0 spiro atoms. The van der Waals surface area contributed by atoms with Crippen LogP contribution in [0, 0.1) is 6.57 Å². The van der Waals surface area contributed by atoms with E-state index in [1.165, 1.54) is 0 Å². The normalized spacial score (nSPS) is 11.7. The van der Waals surface area contributed by atoms with Crippen LogP contribution in [0.5, 0.6) is 0 Å². The molecule has 0 unspecified atom stereocenters. The quantitative estimate of drug-likeness (QED) is 0.164. The van der Waals surface area contributed by atoms with Gasteiger partial charge >= 0.3 is 0 Å². The molecule has 0 saturated heterocycles. The van der Waals surface area contributed by atoms with Crippen LogP contribution >= 0.6 is 0 Å². The molecule has 4 aromatic heterocycles. The van der Waals surface area contributed by atoms with Crippen LogP contribution in [0.2, 0.25) is 0 Å². The Balaban J connectivity index is 1.22. The molecule has 0 radical (unpaired) electrons. The third-order valence-corrected chi connectivity index (χ3v) is 11.6. The minimum absolute atomic E-state index is 0.505. The van der Waals surface area contributed by atoms with E-state index in [-0.39, 0.29) is 0 Å². The fourth-order valence-corrected chi connectivity index (χ4v) is 9.02. The van der Waals surface area contributed by atoms with Gasteiger partial charge < -0.3 is 13.6 Å². The number of para-hydroxylation sites is 5. The van der Waals surface area contributed by atoms with Crippen molar-refractivity contribution in [3.05, 3.63) is 199 Å². The molecule has 12 rings (SSSR count). The summed E-state index contributed by atoms with van der Waals surface area (Å²) in [7, 11) is 0. The van der Waals surface area contributed by atoms with Gasteiger partial charge in [-0.2, -0.15) is 0 Å². The Bertz CT molecular complexity index is 3520. The average Bonchev–Trinajstić information content (AvgIpc) is 3.96. The number of nitrogens with zero attached hydrogens (tertiary/aromatic N) is 5. The van der Waals surface area contributed by atoms with Crippen molar-refractivity contribution in [2.45, 2.75) is 0 Å². The van der Waals surface area contributed by atoms with E-state index in [9.17, 15) is 0 Å². The molecule has 12 aromatic rings. The Labute approximate surface area is 338 Å². The van der Waals surface area contributed by atoms with Gasteiger partial charge in [0, 0.05) is 49.5 Å². The largest absolute Gasteiger partial charge is 0.457 e. The molecule has 6 heteroatoms. The van der Waals surface area contributed by atoms with Gasteiger partial charge in [-0.1, -0.05) is 146 Å². The maximum absolute atomic E-state index is 9.05. The number of hydrogen-bond donors (Lipinski definition) is 0. The zero-order valence-corrected chi connectivity index (χ0v) is 31.5. The highest BCUT2D eigenvalue weighted by Crippen LogP contribution is 2.49. The highest BCUT2D eigenvalue weighted by atomic mass is 16.3. The number of hydrogen-bond acceptors (Lipinski definition) is 3. The van der Waals surface area contributed by atoms with E-state index in [2.05, 4.69) is 141 Å². The summed E-state index contributed by atoms with van der Waals surface area (Å²) < 4.78 is 11.6. The fourth-order valence-electron chi connectivity index (χ4n) is 9.02. The maximum atomic E-state index is 9.05. The Kier molecular flexibility index (Phi) is 7.19. The maximum Gasteiger partial charge on any atom is 0.224 e. The summed E-state index contributed by atoms with van der Waals surface area (Å²) in [6.07, 6.45) is 0. The molecular weight excluding hydrogens is 723 g/mol. The Morgan fingerprint density at radius 1 is 0.458 bits per heavy atom. The van der Waals surface area contributed by atoms with Crippen molar-refractivity contribution in [1.82, 2.24) is 19.1 Å². The predicted molar refractivity (Wildman–Crippen MR) is 241 cm³/mol. The Hall–Kier alpha value is -8.27. The van der Waals surface area contributed by atoms with Gasteiger partial charge in [0.2, 0.25) is 5.69 Å². The van der Waals surface area contributed by atoms with E-state index in [0.717, 1.165) is 93.8 Å². The first-order valence-electron chi connectivity index (χ1n) is 19.6. The smallest absolute Gasteiger partial charge is 0.224 e. The van der Waals surface area contributed by atoms with Crippen molar-refractivity contribution < 1.29 is 4.42 Å². The molecule has 0 atom stereocenters. The van der Waals surface area contributed by atoms with Gasteiger partial charge in [0.25, 0.3) is 0 Å². The lowest BCUT2D eigenvalue weighted by Crippen LogP contribution is -2.04. The number of aromatic nitrogens is 4. The number of furan rings is 1. The summed E-state index contributed by atoms with van der Waals surface area (Å²) in [5, 5.41) is 6.09. The third kappa shape index (κ3) is 4.92. The van der Waals surface area contributed by atoms with Crippen LogP contribution in [0.15, 0.2) is 192 Å². The van der Waals surface area contributed by atoms with Gasteiger partial charge in [0.1, 0.15) is 11.2 Å². The molecule has 0 N–H and O–H groups in total. The lowest BCUT2D eigenvalue weighted by Gasteiger charge is -2.19. The molecule has 0 aliphatic rings. The first-order chi connectivity index (χ1) is 29.2. The van der Waals surface area contributed by atoms with Gasteiger partial charge in [-0.3, -0.25) is 0 Å². The second-order valence-electron chi connectivity index (χ2n) is 14.8. The Morgan fingerprint density at radius 3 is 1.42 bits per heavy atom. The first kappa shape index (κ1) is 32.9. The van der Waals surface area contributed by atoms with Crippen LogP contribution in [-0.2, 0) is 0 Å². The van der Waals surface area contributed by atoms with E-state index in [0.29, 0.717) is 22.7 Å². The van der Waals surface area contributed by atoms with Crippen molar-refractivity contribution in [2.75, 3.05) is 0 Å². The van der Waals surface area contributed by atoms with Gasteiger partial charge in [0.05, 0.1) is 57.0 Å². The molecule has 274 valence electrons. The van der Waals surface area contributed by atoms with E-state index in [4.69, 9.17) is 21.0 Å². The van der Waals surface area contributed by atoms with E-state index < -0.39 is 0 Å². The van der Waals surface area contributed by atoms with Crippen molar-refractivity contribution in [2.24, 2.45) is 0 Å². The van der Waals surface area contributed by atoms with E-state index >= 15 is 0 Å². The summed E-state index contributed by atoms with van der Waals surface area (Å²) in [5.41, 5.74) is 11.9. The topological polar surface area (TPSA) is 53.1 Å². The van der Waals surface area contributed by atoms with Gasteiger partial charge in [-0.25, -0.2) is 14.8 Å². The van der Waals surface area contributed by atoms with Crippen LogP contribution in [0.3, 0.4) is 0 Å². The summed E-state index contributed by atoms with van der Waals surface area (Å²) in [6.45, 7) is 9.05. The second-order valence-corrected chi connectivity index (χ2v) is 14.8. The van der Waals surface area contributed by atoms with Crippen molar-refractivity contribution in [3.63, 3.8) is 0 Å². The minimum Gasteiger partial charge on any atom is -0.457 e. The van der Waals surface area contributed by atoms with Crippen molar-refractivity contribution >= 4 is 71.2 Å². The molecule has 0 amide bonds. The van der Waals surface area contributed by atoms with Gasteiger partial charge in [-0.05, 0) is 36.4 Å². The molecule has 6 nitrogen and oxygen atoms in total. The van der Waals surface area contributed by atoms with E-state index in [1.54, 1.807) is 0 Å². The van der Waals surface area contributed by atoms with Crippen molar-refractivity contribution in [1.29, 1.82) is 0 Å². The molecule has 0 fully saturated rings. The van der Waals surface area contributed by atoms with Crippen molar-refractivity contribution in [3.8, 4) is 45.3 Å². The molecule has 8 aromatic carbocycles. The van der Waals surface area contributed by atoms with E-state index in [1.807, 2.05) is 60.7 Å². The standard InChI is InChI=1S/C53H31N5O/c1-54-50-49-39-25-16-26-40(53-55-41(33-17-4-2-5-18-33)31-42(56-53)34-19-6-3-7-20-34)52(39)59-48(49)32-47(57-43-27-12-8-21-35(43)36-22-9-13-28-44(36)57)51(50)58-45-29-14-10-23-37(45)38-24-11-15-30-46(38)58/h2-32H. The van der Waals surface area contributed by atoms with Gasteiger partial charge in [0.15, 0.2) is 5.82 Å². The Morgan fingerprint density at radius 2 is 0.915 bits per heavy atom. The lowest BCUT2D eigenvalue weighted by atomic mass is 10.0. The molecule has 0 aliphatic carbocycles. The fraction of sp³-hybridized carbons (Fsp3) is 0. The second kappa shape index (κ2) is 12.9. The minimum atomic E-state index is 0.505. The zero-order chi connectivity index (χ0) is 39.0. The SMILES string of the molecule is [C-]#[N+]c1c(-n2c3ccccc3c3ccccc32)c(-n2c3ccccc3c3ccccc32)cc2oc3c(-c4nc(-c5ccccc5)cc(-c5ccccc5)n4)cccc3c12. The number of benzene rings is 8. The number of rotatable bonds is 5. The van der Waals surface area contributed by atoms with Crippen LogP contribution in [0.1, 0.15) is 0 Å². The summed E-state index contributed by atoms with van der Waals surface area (Å²) in [5.74, 6) is 0.546.